The lowest BCUT2D eigenvalue weighted by molar-refractivity contribution is -0.142. The molecule has 1 heterocycles. The van der Waals surface area contributed by atoms with E-state index >= 15 is 0 Å². The van der Waals surface area contributed by atoms with Crippen LogP contribution in [0.3, 0.4) is 0 Å². The van der Waals surface area contributed by atoms with Gasteiger partial charge in [0.25, 0.3) is 0 Å². The average Bonchev–Trinajstić information content (AvgIpc) is 3.33. The van der Waals surface area contributed by atoms with Gasteiger partial charge in [-0.25, -0.2) is 4.79 Å². The van der Waals surface area contributed by atoms with E-state index in [4.69, 9.17) is 5.73 Å². The molecule has 8 N–H and O–H groups in total. The van der Waals surface area contributed by atoms with E-state index in [1.165, 1.54) is 12.1 Å². The van der Waals surface area contributed by atoms with Crippen LogP contribution in [0.25, 0.3) is 10.9 Å². The van der Waals surface area contributed by atoms with Crippen LogP contribution in [0.5, 0.6) is 5.75 Å². The average molecular weight is 570 g/mol. The Hall–Kier alpha value is -4.03. The van der Waals surface area contributed by atoms with Crippen molar-refractivity contribution in [1.29, 1.82) is 0 Å². The summed E-state index contributed by atoms with van der Waals surface area (Å²) >= 11 is 4.19. The summed E-state index contributed by atoms with van der Waals surface area (Å²) in [7, 11) is 0. The van der Waals surface area contributed by atoms with E-state index in [1.807, 2.05) is 24.3 Å². The number of rotatable bonds is 13. The number of carboxylic acids is 1. The zero-order valence-electron chi connectivity index (χ0n) is 22.3. The summed E-state index contributed by atoms with van der Waals surface area (Å²) in [6.45, 7) is 3.55. The molecule has 0 radical (unpaired) electrons. The smallest absolute Gasteiger partial charge is 0.326 e. The molecule has 11 nitrogen and oxygen atoms in total. The van der Waals surface area contributed by atoms with Crippen molar-refractivity contribution in [1.82, 2.24) is 20.9 Å². The number of carboxylic acid groups (broad SMARTS) is 1. The molecule has 3 aromatic rings. The highest BCUT2D eigenvalue weighted by atomic mass is 32.1. The van der Waals surface area contributed by atoms with Crippen molar-refractivity contribution in [2.24, 2.45) is 11.7 Å². The van der Waals surface area contributed by atoms with Gasteiger partial charge < -0.3 is 36.9 Å². The number of hydrogen-bond donors (Lipinski definition) is 8. The van der Waals surface area contributed by atoms with Crippen molar-refractivity contribution in [3.05, 3.63) is 65.9 Å². The van der Waals surface area contributed by atoms with Gasteiger partial charge in [-0.2, -0.15) is 12.6 Å². The summed E-state index contributed by atoms with van der Waals surface area (Å²) in [4.78, 5) is 54.3. The van der Waals surface area contributed by atoms with Gasteiger partial charge in [0, 0.05) is 35.7 Å². The number of phenolic OH excluding ortho intramolecular Hbond substituents is 1. The Kier molecular flexibility index (Phi) is 10.6. The minimum Gasteiger partial charge on any atom is -0.508 e. The van der Waals surface area contributed by atoms with Gasteiger partial charge in [0.1, 0.15) is 23.9 Å². The molecule has 2 aromatic carbocycles. The summed E-state index contributed by atoms with van der Waals surface area (Å²) in [5.41, 5.74) is 8.06. The monoisotopic (exact) mass is 569 g/mol. The fourth-order valence-electron chi connectivity index (χ4n) is 4.11. The second-order valence-corrected chi connectivity index (χ2v) is 10.3. The lowest BCUT2D eigenvalue weighted by atomic mass is 10.0. The van der Waals surface area contributed by atoms with E-state index in [2.05, 4.69) is 33.6 Å². The fraction of sp³-hybridized carbons (Fsp3) is 0.357. The van der Waals surface area contributed by atoms with E-state index in [9.17, 15) is 29.4 Å². The summed E-state index contributed by atoms with van der Waals surface area (Å²) in [5, 5.41) is 27.9. The Morgan fingerprint density at radius 2 is 1.48 bits per heavy atom. The van der Waals surface area contributed by atoms with Gasteiger partial charge in [-0.15, -0.1) is 0 Å². The van der Waals surface area contributed by atoms with Crippen LogP contribution in [0.2, 0.25) is 0 Å². The maximum atomic E-state index is 13.5. The van der Waals surface area contributed by atoms with Gasteiger partial charge in [-0.3, -0.25) is 14.4 Å². The molecule has 3 rings (SSSR count). The molecule has 3 amide bonds. The van der Waals surface area contributed by atoms with Crippen molar-refractivity contribution in [2.45, 2.75) is 50.9 Å². The van der Waals surface area contributed by atoms with Crippen LogP contribution < -0.4 is 21.7 Å². The number of aromatic nitrogens is 1. The first-order valence-corrected chi connectivity index (χ1v) is 13.5. The van der Waals surface area contributed by atoms with E-state index < -0.39 is 47.9 Å². The van der Waals surface area contributed by atoms with E-state index in [0.717, 1.165) is 16.5 Å². The van der Waals surface area contributed by atoms with Crippen LogP contribution >= 0.6 is 12.6 Å². The van der Waals surface area contributed by atoms with Crippen molar-refractivity contribution in [3.63, 3.8) is 0 Å². The Morgan fingerprint density at radius 3 is 2.10 bits per heavy atom. The molecular formula is C28H35N5O6S. The molecule has 0 saturated carbocycles. The molecule has 40 heavy (non-hydrogen) atoms. The summed E-state index contributed by atoms with van der Waals surface area (Å²) < 4.78 is 0. The number of aromatic hydroxyl groups is 1. The molecule has 4 atom stereocenters. The van der Waals surface area contributed by atoms with Gasteiger partial charge >= 0.3 is 5.97 Å². The molecule has 0 aliphatic carbocycles. The summed E-state index contributed by atoms with van der Waals surface area (Å²) in [6.07, 6.45) is 1.73. The maximum Gasteiger partial charge on any atom is 0.326 e. The molecule has 0 spiro atoms. The number of carbonyl (C=O) groups excluding carboxylic acids is 3. The molecule has 0 aliphatic rings. The third kappa shape index (κ3) is 7.99. The number of carbonyl (C=O) groups is 4. The first-order valence-electron chi connectivity index (χ1n) is 12.8. The lowest BCUT2D eigenvalue weighted by Crippen LogP contribution is -2.58. The highest BCUT2D eigenvalue weighted by Crippen LogP contribution is 2.19. The maximum absolute atomic E-state index is 13.5. The number of phenols is 1. The van der Waals surface area contributed by atoms with Crippen molar-refractivity contribution in [2.75, 3.05) is 5.75 Å². The zero-order valence-corrected chi connectivity index (χ0v) is 23.2. The molecule has 12 heteroatoms. The standard InChI is InChI=1S/C28H35N5O6S/c1-15(2)24(29)27(37)33-23(14-40)26(36)31-21(12-17-13-30-20-6-4-3-5-19(17)20)25(35)32-22(28(38)39)11-16-7-9-18(34)10-8-16/h3-10,13,15,21-24,30,34,40H,11-12,14,29H2,1-2H3,(H,31,36)(H,32,35)(H,33,37)(H,38,39). The van der Waals surface area contributed by atoms with E-state index in [-0.39, 0.29) is 30.3 Å². The predicted molar refractivity (Wildman–Crippen MR) is 154 cm³/mol. The van der Waals surface area contributed by atoms with Gasteiger partial charge in [-0.1, -0.05) is 44.2 Å². The normalized spacial score (nSPS) is 14.2. The van der Waals surface area contributed by atoms with Crippen molar-refractivity contribution >= 4 is 47.2 Å². The third-order valence-electron chi connectivity index (χ3n) is 6.56. The Bertz CT molecular complexity index is 1340. The number of benzene rings is 2. The molecule has 0 aliphatic heterocycles. The molecule has 0 saturated heterocycles. The Labute approximate surface area is 237 Å². The van der Waals surface area contributed by atoms with Crippen molar-refractivity contribution < 1.29 is 29.4 Å². The highest BCUT2D eigenvalue weighted by Gasteiger charge is 2.31. The number of aromatic amines is 1. The van der Waals surface area contributed by atoms with Crippen LogP contribution in [-0.2, 0) is 32.0 Å². The van der Waals surface area contributed by atoms with Crippen LogP contribution in [0.1, 0.15) is 25.0 Å². The van der Waals surface area contributed by atoms with Crippen LogP contribution in [0, 0.1) is 5.92 Å². The van der Waals surface area contributed by atoms with Gasteiger partial charge in [0.2, 0.25) is 17.7 Å². The Morgan fingerprint density at radius 1 is 0.875 bits per heavy atom. The van der Waals surface area contributed by atoms with Gasteiger partial charge in [-0.05, 0) is 35.2 Å². The molecule has 0 bridgehead atoms. The van der Waals surface area contributed by atoms with E-state index in [0.29, 0.717) is 5.56 Å². The third-order valence-corrected chi connectivity index (χ3v) is 6.92. The summed E-state index contributed by atoms with van der Waals surface area (Å²) in [6, 6.07) is 9.02. The number of aliphatic carboxylic acids is 1. The van der Waals surface area contributed by atoms with Crippen molar-refractivity contribution in [3.8, 4) is 5.75 Å². The number of fused-ring (bicyclic) bond motifs is 1. The quantitative estimate of drug-likeness (QED) is 0.142. The largest absolute Gasteiger partial charge is 0.508 e. The number of H-pyrrole nitrogens is 1. The molecular weight excluding hydrogens is 534 g/mol. The van der Waals surface area contributed by atoms with Crippen LogP contribution in [0.4, 0.5) is 0 Å². The van der Waals surface area contributed by atoms with Gasteiger partial charge in [0.05, 0.1) is 6.04 Å². The molecule has 0 fully saturated rings. The second kappa shape index (κ2) is 13.9. The lowest BCUT2D eigenvalue weighted by Gasteiger charge is -2.25. The topological polar surface area (TPSA) is 187 Å². The summed E-state index contributed by atoms with van der Waals surface area (Å²) in [5.74, 6) is -3.35. The predicted octanol–water partition coefficient (Wildman–Crippen LogP) is 1.11. The van der Waals surface area contributed by atoms with Gasteiger partial charge in [0.15, 0.2) is 0 Å². The van der Waals surface area contributed by atoms with Crippen LogP contribution in [0.15, 0.2) is 54.7 Å². The minimum atomic E-state index is -1.30. The number of nitrogens with two attached hydrogens (primary N) is 1. The number of amides is 3. The fourth-order valence-corrected chi connectivity index (χ4v) is 4.36. The van der Waals surface area contributed by atoms with E-state index in [1.54, 1.807) is 32.2 Å². The Balaban J connectivity index is 1.83. The number of thiol groups is 1. The number of nitrogens with one attached hydrogen (secondary N) is 4. The van der Waals surface area contributed by atoms with Crippen LogP contribution in [-0.4, -0.2) is 68.8 Å². The first-order chi connectivity index (χ1) is 19.0. The first kappa shape index (κ1) is 30.5. The zero-order chi connectivity index (χ0) is 29.4. The minimum absolute atomic E-state index is 0.0290. The second-order valence-electron chi connectivity index (χ2n) is 9.91. The highest BCUT2D eigenvalue weighted by molar-refractivity contribution is 7.80. The molecule has 4 unspecified atom stereocenters. The SMILES string of the molecule is CC(C)C(N)C(=O)NC(CS)C(=O)NC(Cc1c[nH]c2ccccc12)C(=O)NC(Cc1ccc(O)cc1)C(=O)O. The molecule has 214 valence electrons. The number of para-hydroxylation sites is 1. The molecule has 1 aromatic heterocycles. The number of hydrogen-bond acceptors (Lipinski definition) is 7.